The van der Waals surface area contributed by atoms with Crippen LogP contribution in [0.15, 0.2) is 18.2 Å². The van der Waals surface area contributed by atoms with Crippen LogP contribution in [0.3, 0.4) is 0 Å². The molecule has 7 heteroatoms. The van der Waals surface area contributed by atoms with Crippen LogP contribution in [0.25, 0.3) is 0 Å². The van der Waals surface area contributed by atoms with E-state index in [0.29, 0.717) is 15.7 Å². The number of nitrogens with one attached hydrogen (secondary N) is 1. The third-order valence-electron chi connectivity index (χ3n) is 2.36. The summed E-state index contributed by atoms with van der Waals surface area (Å²) in [4.78, 5) is 13.2. The van der Waals surface area contributed by atoms with Crippen LogP contribution in [0.1, 0.15) is 0 Å². The Balaban J connectivity index is 2.61. The number of methoxy groups -OCH3 is 1. The first-order valence-electron chi connectivity index (χ1n) is 5.58. The number of aliphatic hydroxyl groups excluding tert-OH is 1. The quantitative estimate of drug-likeness (QED) is 0.878. The molecule has 0 aliphatic heterocycles. The lowest BCUT2D eigenvalue weighted by Crippen LogP contribution is -2.38. The molecule has 0 radical (unpaired) electrons. The van der Waals surface area contributed by atoms with Gasteiger partial charge in [0.05, 0.1) is 30.0 Å². The van der Waals surface area contributed by atoms with Gasteiger partial charge in [-0.3, -0.25) is 0 Å². The highest BCUT2D eigenvalue weighted by molar-refractivity contribution is 6.35. The maximum Gasteiger partial charge on any atom is 0.321 e. The van der Waals surface area contributed by atoms with Gasteiger partial charge >= 0.3 is 6.03 Å². The molecule has 0 aromatic heterocycles. The van der Waals surface area contributed by atoms with Gasteiger partial charge in [0.15, 0.2) is 0 Å². The summed E-state index contributed by atoms with van der Waals surface area (Å²) < 4.78 is 4.79. The van der Waals surface area contributed by atoms with Crippen LogP contribution in [0, 0.1) is 0 Å². The predicted molar refractivity (Wildman–Crippen MR) is 76.0 cm³/mol. The van der Waals surface area contributed by atoms with Crippen molar-refractivity contribution in [2.45, 2.75) is 6.10 Å². The molecule has 0 aliphatic carbocycles. The van der Waals surface area contributed by atoms with Gasteiger partial charge < -0.3 is 20.1 Å². The molecule has 1 aromatic rings. The van der Waals surface area contributed by atoms with Gasteiger partial charge in [0.25, 0.3) is 0 Å². The van der Waals surface area contributed by atoms with E-state index in [4.69, 9.17) is 27.9 Å². The molecule has 1 unspecified atom stereocenters. The summed E-state index contributed by atoms with van der Waals surface area (Å²) in [6.07, 6.45) is -0.740. The van der Waals surface area contributed by atoms with E-state index in [1.54, 1.807) is 25.2 Å². The number of nitrogens with zero attached hydrogens (tertiary/aromatic N) is 1. The average Bonchev–Trinajstić information content (AvgIpc) is 2.34. The fourth-order valence-corrected chi connectivity index (χ4v) is 1.78. The monoisotopic (exact) mass is 306 g/mol. The van der Waals surface area contributed by atoms with Crippen molar-refractivity contribution in [3.05, 3.63) is 28.2 Å². The number of ether oxygens (including phenoxy) is 1. The Morgan fingerprint density at radius 2 is 2.21 bits per heavy atom. The number of amides is 2. The molecular weight excluding hydrogens is 291 g/mol. The van der Waals surface area contributed by atoms with Crippen molar-refractivity contribution in [3.63, 3.8) is 0 Å². The minimum Gasteiger partial charge on any atom is -0.389 e. The first-order chi connectivity index (χ1) is 8.93. The van der Waals surface area contributed by atoms with Crippen molar-refractivity contribution < 1.29 is 14.6 Å². The van der Waals surface area contributed by atoms with Gasteiger partial charge in [0, 0.05) is 19.2 Å². The molecule has 0 bridgehead atoms. The second-order valence-corrected chi connectivity index (χ2v) is 4.89. The summed E-state index contributed by atoms with van der Waals surface area (Å²) in [5, 5.41) is 13.0. The molecule has 1 aromatic carbocycles. The van der Waals surface area contributed by atoms with Crippen LogP contribution < -0.4 is 5.32 Å². The average molecular weight is 307 g/mol. The number of rotatable bonds is 5. The maximum atomic E-state index is 11.9. The summed E-state index contributed by atoms with van der Waals surface area (Å²) in [5.74, 6) is 0. The maximum absolute atomic E-state index is 11.9. The van der Waals surface area contributed by atoms with Crippen molar-refractivity contribution in [1.82, 2.24) is 4.90 Å². The summed E-state index contributed by atoms with van der Waals surface area (Å²) in [7, 11) is 3.04. The normalized spacial score (nSPS) is 12.1. The lowest BCUT2D eigenvalue weighted by Gasteiger charge is -2.21. The van der Waals surface area contributed by atoms with E-state index in [2.05, 4.69) is 5.32 Å². The van der Waals surface area contributed by atoms with Crippen molar-refractivity contribution in [3.8, 4) is 0 Å². The predicted octanol–water partition coefficient (Wildman–Crippen LogP) is 2.46. The number of halogens is 2. The van der Waals surface area contributed by atoms with Crippen LogP contribution in [0.5, 0.6) is 0 Å². The van der Waals surface area contributed by atoms with Gasteiger partial charge in [-0.25, -0.2) is 4.79 Å². The molecule has 0 aliphatic rings. The standard InChI is InChI=1S/C12H16Cl2N2O3/c1-16(6-9(17)7-19-2)12(18)15-11-5-8(13)3-4-10(11)14/h3-5,9,17H,6-7H2,1-2H3,(H,15,18). The molecule has 2 amide bonds. The molecular formula is C12H16Cl2N2O3. The second kappa shape index (κ2) is 7.55. The van der Waals surface area contributed by atoms with Crippen LogP contribution in [-0.2, 0) is 4.74 Å². The smallest absolute Gasteiger partial charge is 0.321 e. The summed E-state index contributed by atoms with van der Waals surface area (Å²) in [6, 6.07) is 4.39. The molecule has 0 saturated carbocycles. The van der Waals surface area contributed by atoms with Gasteiger partial charge in [-0.15, -0.1) is 0 Å². The highest BCUT2D eigenvalue weighted by Gasteiger charge is 2.14. The van der Waals surface area contributed by atoms with E-state index in [0.717, 1.165) is 0 Å². The second-order valence-electron chi connectivity index (χ2n) is 4.04. The highest BCUT2D eigenvalue weighted by Crippen LogP contribution is 2.25. The fraction of sp³-hybridized carbons (Fsp3) is 0.417. The van der Waals surface area contributed by atoms with E-state index in [1.807, 2.05) is 0 Å². The number of hydrogen-bond acceptors (Lipinski definition) is 3. The zero-order valence-corrected chi connectivity index (χ0v) is 12.2. The first-order valence-corrected chi connectivity index (χ1v) is 6.33. The van der Waals surface area contributed by atoms with Crippen LogP contribution in [0.4, 0.5) is 10.5 Å². The Labute approximate surface area is 122 Å². The minimum absolute atomic E-state index is 0.151. The first kappa shape index (κ1) is 16.0. The van der Waals surface area contributed by atoms with Crippen molar-refractivity contribution in [1.29, 1.82) is 0 Å². The number of benzene rings is 1. The van der Waals surface area contributed by atoms with Gasteiger partial charge in [-0.05, 0) is 18.2 Å². The van der Waals surface area contributed by atoms with E-state index < -0.39 is 6.10 Å². The van der Waals surface area contributed by atoms with Gasteiger partial charge in [0.1, 0.15) is 0 Å². The Morgan fingerprint density at radius 1 is 1.53 bits per heavy atom. The molecule has 106 valence electrons. The zero-order chi connectivity index (χ0) is 14.4. The molecule has 0 heterocycles. The Kier molecular flexibility index (Phi) is 6.37. The molecule has 1 rings (SSSR count). The Morgan fingerprint density at radius 3 is 2.84 bits per heavy atom. The molecule has 1 atom stereocenters. The molecule has 19 heavy (non-hydrogen) atoms. The van der Waals surface area contributed by atoms with Crippen molar-refractivity contribution >= 4 is 34.9 Å². The van der Waals surface area contributed by atoms with Crippen molar-refractivity contribution in [2.24, 2.45) is 0 Å². The van der Waals surface area contributed by atoms with Crippen LogP contribution >= 0.6 is 23.2 Å². The van der Waals surface area contributed by atoms with E-state index in [1.165, 1.54) is 12.0 Å². The molecule has 0 fully saturated rings. The van der Waals surface area contributed by atoms with E-state index in [9.17, 15) is 9.90 Å². The molecule has 0 saturated heterocycles. The van der Waals surface area contributed by atoms with Gasteiger partial charge in [0.2, 0.25) is 0 Å². The number of carbonyl (C=O) groups excluding carboxylic acids is 1. The number of hydrogen-bond donors (Lipinski definition) is 2. The van der Waals surface area contributed by atoms with Crippen LogP contribution in [-0.4, -0.2) is 49.5 Å². The zero-order valence-electron chi connectivity index (χ0n) is 10.7. The lowest BCUT2D eigenvalue weighted by molar-refractivity contribution is 0.0501. The third kappa shape index (κ3) is 5.24. The van der Waals surface area contributed by atoms with Gasteiger partial charge in [-0.2, -0.15) is 0 Å². The largest absolute Gasteiger partial charge is 0.389 e. The molecule has 2 N–H and O–H groups in total. The van der Waals surface area contributed by atoms with E-state index >= 15 is 0 Å². The molecule has 5 nitrogen and oxygen atoms in total. The molecule has 0 spiro atoms. The topological polar surface area (TPSA) is 61.8 Å². The van der Waals surface area contributed by atoms with Crippen molar-refractivity contribution in [2.75, 3.05) is 32.6 Å². The summed E-state index contributed by atoms with van der Waals surface area (Å²) >= 11 is 11.8. The SMILES string of the molecule is COCC(O)CN(C)C(=O)Nc1cc(Cl)ccc1Cl. The number of aliphatic hydroxyl groups is 1. The Hall–Kier alpha value is -1.01. The number of likely N-dealkylation sites (N-methyl/N-ethyl adjacent to an activating group) is 1. The number of carbonyl (C=O) groups is 1. The van der Waals surface area contributed by atoms with Crippen LogP contribution in [0.2, 0.25) is 10.0 Å². The lowest BCUT2D eigenvalue weighted by atomic mass is 10.3. The summed E-state index contributed by atoms with van der Waals surface area (Å²) in [5.41, 5.74) is 0.423. The third-order valence-corrected chi connectivity index (χ3v) is 2.93. The number of anilines is 1. The number of urea groups is 1. The highest BCUT2D eigenvalue weighted by atomic mass is 35.5. The van der Waals surface area contributed by atoms with E-state index in [-0.39, 0.29) is 19.2 Å². The fourth-order valence-electron chi connectivity index (χ4n) is 1.45. The van der Waals surface area contributed by atoms with Gasteiger partial charge in [-0.1, -0.05) is 23.2 Å². The Bertz CT molecular complexity index is 443. The minimum atomic E-state index is -0.740. The summed E-state index contributed by atoms with van der Waals surface area (Å²) in [6.45, 7) is 0.313.